The number of hydrogen-bond donors (Lipinski definition) is 1. The molecule has 5 nitrogen and oxygen atoms in total. The molecule has 2 rings (SSSR count). The highest BCUT2D eigenvalue weighted by Gasteiger charge is 2.13. The van der Waals surface area contributed by atoms with Gasteiger partial charge in [0.15, 0.2) is 0 Å². The fourth-order valence-electron chi connectivity index (χ4n) is 1.47. The Morgan fingerprint density at radius 3 is 3.19 bits per heavy atom. The van der Waals surface area contributed by atoms with Crippen molar-refractivity contribution >= 4 is 5.82 Å². The van der Waals surface area contributed by atoms with E-state index in [-0.39, 0.29) is 6.10 Å². The van der Waals surface area contributed by atoms with E-state index in [4.69, 9.17) is 14.7 Å². The summed E-state index contributed by atoms with van der Waals surface area (Å²) >= 11 is 0. The van der Waals surface area contributed by atoms with Gasteiger partial charge in [-0.2, -0.15) is 5.26 Å². The minimum atomic E-state index is 0.0568. The summed E-state index contributed by atoms with van der Waals surface area (Å²) in [4.78, 5) is 4.11. The molecular weight excluding hydrogens is 206 g/mol. The summed E-state index contributed by atoms with van der Waals surface area (Å²) in [6, 6.07) is 7.29. The molecule has 1 fully saturated rings. The number of aromatic nitrogens is 1. The Bertz CT molecular complexity index is 383. The molecule has 0 spiro atoms. The van der Waals surface area contributed by atoms with Crippen LogP contribution in [0, 0.1) is 11.3 Å². The first-order valence-electron chi connectivity index (χ1n) is 5.19. The number of hydrogen-bond acceptors (Lipinski definition) is 5. The van der Waals surface area contributed by atoms with Gasteiger partial charge in [-0.1, -0.05) is 6.07 Å². The Morgan fingerprint density at radius 1 is 1.50 bits per heavy atom. The predicted octanol–water partition coefficient (Wildman–Crippen LogP) is 0.781. The van der Waals surface area contributed by atoms with Crippen LogP contribution in [0.2, 0.25) is 0 Å². The lowest BCUT2D eigenvalue weighted by Gasteiger charge is -2.23. The average Bonchev–Trinajstić information content (AvgIpc) is 2.38. The largest absolute Gasteiger partial charge is 0.376 e. The number of pyridine rings is 1. The van der Waals surface area contributed by atoms with Crippen LogP contribution in [0.1, 0.15) is 5.69 Å². The van der Waals surface area contributed by atoms with E-state index in [1.165, 1.54) is 0 Å². The lowest BCUT2D eigenvalue weighted by Crippen LogP contribution is -2.34. The molecule has 1 atom stereocenters. The molecule has 1 aliphatic rings. The maximum atomic E-state index is 8.69. The van der Waals surface area contributed by atoms with Crippen molar-refractivity contribution in [2.45, 2.75) is 6.10 Å². The van der Waals surface area contributed by atoms with E-state index in [9.17, 15) is 0 Å². The first kappa shape index (κ1) is 10.9. The molecule has 1 unspecified atom stereocenters. The SMILES string of the molecule is N#Cc1cccc(NCC2COCCO2)n1. The van der Waals surface area contributed by atoms with Gasteiger partial charge in [-0.05, 0) is 12.1 Å². The van der Waals surface area contributed by atoms with E-state index >= 15 is 0 Å². The quantitative estimate of drug-likeness (QED) is 0.813. The van der Waals surface area contributed by atoms with Crippen LogP contribution >= 0.6 is 0 Å². The highest BCUT2D eigenvalue weighted by Crippen LogP contribution is 2.06. The summed E-state index contributed by atoms with van der Waals surface area (Å²) in [5.74, 6) is 0.688. The molecular formula is C11H13N3O2. The van der Waals surface area contributed by atoms with Crippen molar-refractivity contribution in [1.29, 1.82) is 5.26 Å². The smallest absolute Gasteiger partial charge is 0.142 e. The van der Waals surface area contributed by atoms with Gasteiger partial charge in [0, 0.05) is 6.54 Å². The standard InChI is InChI=1S/C11H13N3O2/c12-6-9-2-1-3-11(14-9)13-7-10-8-15-4-5-16-10/h1-3,10H,4-5,7-8H2,(H,13,14). The van der Waals surface area contributed by atoms with Crippen molar-refractivity contribution in [1.82, 2.24) is 4.98 Å². The minimum absolute atomic E-state index is 0.0568. The zero-order chi connectivity index (χ0) is 11.2. The Kier molecular flexibility index (Phi) is 3.70. The van der Waals surface area contributed by atoms with Gasteiger partial charge in [0.25, 0.3) is 0 Å². The fraction of sp³-hybridized carbons (Fsp3) is 0.455. The van der Waals surface area contributed by atoms with Crippen molar-refractivity contribution in [2.75, 3.05) is 31.7 Å². The zero-order valence-corrected chi connectivity index (χ0v) is 8.85. The first-order valence-corrected chi connectivity index (χ1v) is 5.19. The van der Waals surface area contributed by atoms with Crippen LogP contribution in [0.5, 0.6) is 0 Å². The molecule has 0 radical (unpaired) electrons. The lowest BCUT2D eigenvalue weighted by molar-refractivity contribution is -0.0819. The van der Waals surface area contributed by atoms with Crippen LogP contribution in [0.25, 0.3) is 0 Å². The topological polar surface area (TPSA) is 67.2 Å². The molecule has 1 N–H and O–H groups in total. The molecule has 1 aromatic heterocycles. The number of ether oxygens (including phenoxy) is 2. The van der Waals surface area contributed by atoms with Crippen LogP contribution in [0.4, 0.5) is 5.82 Å². The molecule has 2 heterocycles. The third-order valence-corrected chi connectivity index (χ3v) is 2.26. The van der Waals surface area contributed by atoms with E-state index in [1.54, 1.807) is 12.1 Å². The number of rotatable bonds is 3. The van der Waals surface area contributed by atoms with Gasteiger partial charge in [-0.3, -0.25) is 0 Å². The van der Waals surface area contributed by atoms with Crippen molar-refractivity contribution in [3.05, 3.63) is 23.9 Å². The molecule has 1 saturated heterocycles. The molecule has 1 aromatic rings. The van der Waals surface area contributed by atoms with Gasteiger partial charge in [-0.25, -0.2) is 4.98 Å². The van der Waals surface area contributed by atoms with Crippen molar-refractivity contribution in [3.8, 4) is 6.07 Å². The fourth-order valence-corrected chi connectivity index (χ4v) is 1.47. The van der Waals surface area contributed by atoms with Gasteiger partial charge in [0.1, 0.15) is 17.6 Å². The normalized spacial score (nSPS) is 20.1. The van der Waals surface area contributed by atoms with E-state index in [0.717, 1.165) is 0 Å². The van der Waals surface area contributed by atoms with Crippen LogP contribution in [0.15, 0.2) is 18.2 Å². The van der Waals surface area contributed by atoms with Crippen molar-refractivity contribution in [2.24, 2.45) is 0 Å². The number of nitrogens with one attached hydrogen (secondary N) is 1. The Morgan fingerprint density at radius 2 is 2.44 bits per heavy atom. The summed E-state index contributed by atoms with van der Waals surface area (Å²) in [5, 5.41) is 11.8. The minimum Gasteiger partial charge on any atom is -0.376 e. The lowest BCUT2D eigenvalue weighted by atomic mass is 10.3. The number of anilines is 1. The molecule has 0 aromatic carbocycles. The van der Waals surface area contributed by atoms with Gasteiger partial charge in [0.2, 0.25) is 0 Å². The average molecular weight is 219 g/mol. The summed E-state index contributed by atoms with van der Waals surface area (Å²) < 4.78 is 10.8. The third kappa shape index (κ3) is 2.92. The molecule has 0 bridgehead atoms. The van der Waals surface area contributed by atoms with E-state index in [2.05, 4.69) is 10.3 Å². The summed E-state index contributed by atoms with van der Waals surface area (Å²) in [5.41, 5.74) is 0.408. The second-order valence-corrected chi connectivity index (χ2v) is 3.47. The van der Waals surface area contributed by atoms with Gasteiger partial charge in [-0.15, -0.1) is 0 Å². The van der Waals surface area contributed by atoms with Crippen LogP contribution in [0.3, 0.4) is 0 Å². The molecule has 84 valence electrons. The van der Waals surface area contributed by atoms with E-state index < -0.39 is 0 Å². The first-order chi connectivity index (χ1) is 7.88. The Balaban J connectivity index is 1.86. The maximum absolute atomic E-state index is 8.69. The molecule has 0 saturated carbocycles. The maximum Gasteiger partial charge on any atom is 0.142 e. The van der Waals surface area contributed by atoms with Crippen molar-refractivity contribution < 1.29 is 9.47 Å². The molecule has 0 aliphatic carbocycles. The summed E-state index contributed by atoms with van der Waals surface area (Å²) in [7, 11) is 0. The van der Waals surface area contributed by atoms with Crippen molar-refractivity contribution in [3.63, 3.8) is 0 Å². The molecule has 5 heteroatoms. The van der Waals surface area contributed by atoms with Gasteiger partial charge >= 0.3 is 0 Å². The van der Waals surface area contributed by atoms with Gasteiger partial charge < -0.3 is 14.8 Å². The highest BCUT2D eigenvalue weighted by molar-refractivity contribution is 5.38. The van der Waals surface area contributed by atoms with E-state index in [1.807, 2.05) is 12.1 Å². The summed E-state index contributed by atoms with van der Waals surface area (Å²) in [6.07, 6.45) is 0.0568. The van der Waals surface area contributed by atoms with Crippen LogP contribution in [-0.2, 0) is 9.47 Å². The van der Waals surface area contributed by atoms with Gasteiger partial charge in [0.05, 0.1) is 25.9 Å². The second kappa shape index (κ2) is 5.45. The zero-order valence-electron chi connectivity index (χ0n) is 8.85. The Hall–Kier alpha value is -1.64. The van der Waals surface area contributed by atoms with Crippen LogP contribution < -0.4 is 5.32 Å². The molecule has 0 amide bonds. The Labute approximate surface area is 94.0 Å². The second-order valence-electron chi connectivity index (χ2n) is 3.47. The highest BCUT2D eigenvalue weighted by atomic mass is 16.6. The number of nitrogens with zero attached hydrogens (tertiary/aromatic N) is 2. The third-order valence-electron chi connectivity index (χ3n) is 2.26. The number of nitriles is 1. The molecule has 16 heavy (non-hydrogen) atoms. The predicted molar refractivity (Wildman–Crippen MR) is 58.0 cm³/mol. The van der Waals surface area contributed by atoms with E-state index in [0.29, 0.717) is 37.9 Å². The summed E-state index contributed by atoms with van der Waals surface area (Å²) in [6.45, 7) is 2.55. The molecule has 1 aliphatic heterocycles. The monoisotopic (exact) mass is 219 g/mol. The van der Waals surface area contributed by atoms with Crippen LogP contribution in [-0.4, -0.2) is 37.5 Å².